The van der Waals surface area contributed by atoms with E-state index in [1.165, 1.54) is 17.9 Å². The third-order valence-corrected chi connectivity index (χ3v) is 3.40. The predicted molar refractivity (Wildman–Crippen MR) is 64.3 cm³/mol. The van der Waals surface area contributed by atoms with E-state index < -0.39 is 29.7 Å². The van der Waals surface area contributed by atoms with Crippen LogP contribution in [-0.4, -0.2) is 37.5 Å². The standard InChI is InChI=1S/C13H16F4N2/c1-8-2-3-9(14)10(11(8)15)12(13(16)17)19-6-4-18-5-7-19/h2-3,12-13,18H,4-7H2,1H3/t12-/m0/s1. The first kappa shape index (κ1) is 14.3. The summed E-state index contributed by atoms with van der Waals surface area (Å²) in [4.78, 5) is 1.43. The van der Waals surface area contributed by atoms with E-state index in [1.54, 1.807) is 0 Å². The molecular weight excluding hydrogens is 260 g/mol. The molecule has 0 bridgehead atoms. The molecular formula is C13H16F4N2. The van der Waals surface area contributed by atoms with Gasteiger partial charge in [-0.25, -0.2) is 17.6 Å². The van der Waals surface area contributed by atoms with Gasteiger partial charge in [0.2, 0.25) is 0 Å². The minimum absolute atomic E-state index is 0.178. The Bertz CT molecular complexity index is 445. The van der Waals surface area contributed by atoms with Crippen LogP contribution in [0.15, 0.2) is 12.1 Å². The van der Waals surface area contributed by atoms with Crippen molar-refractivity contribution in [2.24, 2.45) is 0 Å². The number of halogens is 4. The summed E-state index contributed by atoms with van der Waals surface area (Å²) in [6.07, 6.45) is -2.83. The second kappa shape index (κ2) is 5.88. The summed E-state index contributed by atoms with van der Waals surface area (Å²) < 4.78 is 54.3. The van der Waals surface area contributed by atoms with E-state index in [1.807, 2.05) is 0 Å². The van der Waals surface area contributed by atoms with Crippen LogP contribution >= 0.6 is 0 Å². The van der Waals surface area contributed by atoms with Gasteiger partial charge in [-0.1, -0.05) is 6.07 Å². The van der Waals surface area contributed by atoms with Crippen LogP contribution in [-0.2, 0) is 0 Å². The largest absolute Gasteiger partial charge is 0.314 e. The van der Waals surface area contributed by atoms with Crippen LogP contribution in [0.5, 0.6) is 0 Å². The molecule has 1 heterocycles. The Balaban J connectivity index is 2.41. The lowest BCUT2D eigenvalue weighted by Gasteiger charge is -2.35. The van der Waals surface area contributed by atoms with E-state index in [4.69, 9.17) is 0 Å². The van der Waals surface area contributed by atoms with Crippen molar-refractivity contribution in [3.05, 3.63) is 34.9 Å². The molecule has 0 radical (unpaired) electrons. The minimum Gasteiger partial charge on any atom is -0.314 e. The second-order valence-corrected chi connectivity index (χ2v) is 4.66. The molecule has 0 aliphatic carbocycles. The Hall–Kier alpha value is -1.14. The van der Waals surface area contributed by atoms with Gasteiger partial charge >= 0.3 is 0 Å². The van der Waals surface area contributed by atoms with Crippen LogP contribution in [0.3, 0.4) is 0 Å². The van der Waals surface area contributed by atoms with Crippen molar-refractivity contribution in [3.8, 4) is 0 Å². The maximum atomic E-state index is 14.0. The second-order valence-electron chi connectivity index (χ2n) is 4.66. The van der Waals surface area contributed by atoms with Crippen LogP contribution in [0.1, 0.15) is 17.2 Å². The summed E-state index contributed by atoms with van der Waals surface area (Å²) in [6.45, 7) is 3.22. The van der Waals surface area contributed by atoms with Gasteiger partial charge in [0, 0.05) is 31.7 Å². The summed E-state index contributed by atoms with van der Waals surface area (Å²) in [7, 11) is 0. The van der Waals surface area contributed by atoms with E-state index in [2.05, 4.69) is 5.32 Å². The van der Waals surface area contributed by atoms with Crippen LogP contribution in [0, 0.1) is 18.6 Å². The van der Waals surface area contributed by atoms with Gasteiger partial charge in [-0.3, -0.25) is 4.90 Å². The highest BCUT2D eigenvalue weighted by atomic mass is 19.3. The predicted octanol–water partition coefficient (Wildman–Crippen LogP) is 2.48. The van der Waals surface area contributed by atoms with Gasteiger partial charge in [0.1, 0.15) is 17.7 Å². The Morgan fingerprint density at radius 1 is 1.16 bits per heavy atom. The smallest absolute Gasteiger partial charge is 0.258 e. The zero-order valence-electron chi connectivity index (χ0n) is 10.6. The number of benzene rings is 1. The van der Waals surface area contributed by atoms with Crippen LogP contribution in [0.2, 0.25) is 0 Å². The summed E-state index contributed by atoms with van der Waals surface area (Å²) in [5, 5.41) is 3.03. The zero-order valence-corrected chi connectivity index (χ0v) is 10.6. The molecule has 1 aliphatic rings. The Labute approximate surface area is 109 Å². The Morgan fingerprint density at radius 2 is 1.79 bits per heavy atom. The molecule has 19 heavy (non-hydrogen) atoms. The van der Waals surface area contributed by atoms with Gasteiger partial charge in [-0.2, -0.15) is 0 Å². The number of piperazine rings is 1. The SMILES string of the molecule is Cc1ccc(F)c([C@@H](C(F)F)N2CCNCC2)c1F. The fraction of sp³-hybridized carbons (Fsp3) is 0.538. The molecule has 0 amide bonds. The quantitative estimate of drug-likeness (QED) is 0.853. The number of hydrogen-bond acceptors (Lipinski definition) is 2. The van der Waals surface area contributed by atoms with Crippen molar-refractivity contribution in [3.63, 3.8) is 0 Å². The monoisotopic (exact) mass is 276 g/mol. The number of nitrogens with one attached hydrogen (secondary N) is 1. The lowest BCUT2D eigenvalue weighted by Crippen LogP contribution is -2.47. The van der Waals surface area contributed by atoms with Gasteiger partial charge < -0.3 is 5.32 Å². The Kier molecular flexibility index (Phi) is 4.42. The van der Waals surface area contributed by atoms with Crippen molar-refractivity contribution >= 4 is 0 Å². The van der Waals surface area contributed by atoms with E-state index in [-0.39, 0.29) is 5.56 Å². The van der Waals surface area contributed by atoms with Crippen LogP contribution < -0.4 is 5.32 Å². The average Bonchev–Trinajstić information content (AvgIpc) is 2.39. The number of alkyl halides is 2. The van der Waals surface area contributed by atoms with Crippen molar-refractivity contribution in [2.75, 3.05) is 26.2 Å². The third-order valence-electron chi connectivity index (χ3n) is 3.40. The van der Waals surface area contributed by atoms with Gasteiger partial charge in [0.15, 0.2) is 0 Å². The molecule has 6 heteroatoms. The molecule has 106 valence electrons. The van der Waals surface area contributed by atoms with E-state index in [0.717, 1.165) is 6.07 Å². The fourth-order valence-corrected chi connectivity index (χ4v) is 2.38. The molecule has 1 aromatic carbocycles. The molecule has 1 aromatic rings. The highest BCUT2D eigenvalue weighted by molar-refractivity contribution is 5.30. The first-order valence-corrected chi connectivity index (χ1v) is 6.19. The van der Waals surface area contributed by atoms with Gasteiger partial charge in [-0.05, 0) is 18.6 Å². The van der Waals surface area contributed by atoms with E-state index in [0.29, 0.717) is 26.2 Å². The maximum Gasteiger partial charge on any atom is 0.258 e. The highest BCUT2D eigenvalue weighted by Gasteiger charge is 2.34. The number of aryl methyl sites for hydroxylation is 1. The van der Waals surface area contributed by atoms with E-state index in [9.17, 15) is 17.6 Å². The molecule has 2 nitrogen and oxygen atoms in total. The lowest BCUT2D eigenvalue weighted by molar-refractivity contribution is 0.0144. The number of nitrogens with zero attached hydrogens (tertiary/aromatic N) is 1. The van der Waals surface area contributed by atoms with E-state index >= 15 is 0 Å². The molecule has 0 unspecified atom stereocenters. The summed E-state index contributed by atoms with van der Waals surface area (Å²) in [5.74, 6) is -1.78. The molecule has 1 N–H and O–H groups in total. The number of rotatable bonds is 3. The molecule has 1 fully saturated rings. The molecule has 1 atom stereocenters. The maximum absolute atomic E-state index is 14.0. The molecule has 0 aromatic heterocycles. The highest BCUT2D eigenvalue weighted by Crippen LogP contribution is 2.32. The first-order chi connectivity index (χ1) is 9.02. The first-order valence-electron chi connectivity index (χ1n) is 6.19. The molecule has 0 saturated carbocycles. The van der Waals surface area contributed by atoms with Crippen LogP contribution in [0.25, 0.3) is 0 Å². The van der Waals surface area contributed by atoms with Crippen molar-refractivity contribution in [2.45, 2.75) is 19.4 Å². The zero-order chi connectivity index (χ0) is 14.0. The third kappa shape index (κ3) is 2.90. The normalized spacial score (nSPS) is 18.8. The van der Waals surface area contributed by atoms with Gasteiger partial charge in [-0.15, -0.1) is 0 Å². The van der Waals surface area contributed by atoms with Crippen molar-refractivity contribution in [1.82, 2.24) is 10.2 Å². The summed E-state index contributed by atoms with van der Waals surface area (Å²) in [6, 6.07) is 0.779. The Morgan fingerprint density at radius 3 is 2.37 bits per heavy atom. The van der Waals surface area contributed by atoms with Crippen molar-refractivity contribution < 1.29 is 17.6 Å². The van der Waals surface area contributed by atoms with Gasteiger partial charge in [0.05, 0.1) is 0 Å². The van der Waals surface area contributed by atoms with Gasteiger partial charge in [0.25, 0.3) is 6.43 Å². The molecule has 2 rings (SSSR count). The number of hydrogen-bond donors (Lipinski definition) is 1. The molecule has 0 spiro atoms. The van der Waals surface area contributed by atoms with Crippen molar-refractivity contribution in [1.29, 1.82) is 0 Å². The topological polar surface area (TPSA) is 15.3 Å². The fourth-order valence-electron chi connectivity index (χ4n) is 2.38. The van der Waals surface area contributed by atoms with Crippen LogP contribution in [0.4, 0.5) is 17.6 Å². The average molecular weight is 276 g/mol. The molecule has 1 aliphatic heterocycles. The molecule has 1 saturated heterocycles. The minimum atomic E-state index is -2.83. The summed E-state index contributed by atoms with van der Waals surface area (Å²) >= 11 is 0. The lowest BCUT2D eigenvalue weighted by atomic mass is 10.0. The summed E-state index contributed by atoms with van der Waals surface area (Å²) in [5.41, 5.74) is -0.339.